The molecule has 102 valence electrons. The lowest BCUT2D eigenvalue weighted by molar-refractivity contribution is 0.444. The Morgan fingerprint density at radius 3 is 2.53 bits per heavy atom. The summed E-state index contributed by atoms with van der Waals surface area (Å²) in [7, 11) is 1.80. The van der Waals surface area contributed by atoms with Crippen LogP contribution in [-0.4, -0.2) is 26.1 Å². The van der Waals surface area contributed by atoms with Crippen molar-refractivity contribution in [2.45, 2.75) is 39.5 Å². The van der Waals surface area contributed by atoms with Gasteiger partial charge in [0.05, 0.1) is 0 Å². The lowest BCUT2D eigenvalue weighted by atomic mass is 9.99. The minimum atomic E-state index is 0. The minimum Gasteiger partial charge on any atom is -0.356 e. The van der Waals surface area contributed by atoms with Crippen LogP contribution in [-0.2, 0) is 0 Å². The Kier molecular flexibility index (Phi) is 15.5. The van der Waals surface area contributed by atoms with Gasteiger partial charge in [-0.15, -0.1) is 30.6 Å². The summed E-state index contributed by atoms with van der Waals surface area (Å²) in [5.41, 5.74) is 0. The van der Waals surface area contributed by atoms with Crippen molar-refractivity contribution >= 4 is 29.9 Å². The Hall–Kier alpha value is -0.260. The maximum Gasteiger partial charge on any atom is 0.191 e. The molecule has 0 radical (unpaired) electrons. The van der Waals surface area contributed by atoms with Crippen molar-refractivity contribution in [1.82, 2.24) is 10.6 Å². The molecule has 0 fully saturated rings. The molecule has 0 spiro atoms. The van der Waals surface area contributed by atoms with Gasteiger partial charge >= 0.3 is 0 Å². The fraction of sp³-hybridized carbons (Fsp3) is 0.769. The number of halogens is 1. The summed E-state index contributed by atoms with van der Waals surface area (Å²) in [5.74, 6) is 1.62. The third kappa shape index (κ3) is 10.6. The van der Waals surface area contributed by atoms with Gasteiger partial charge in [-0.25, -0.2) is 0 Å². The van der Waals surface area contributed by atoms with Crippen molar-refractivity contribution in [3.8, 4) is 0 Å². The van der Waals surface area contributed by atoms with Crippen molar-refractivity contribution in [3.05, 3.63) is 12.7 Å². The summed E-state index contributed by atoms with van der Waals surface area (Å²) >= 11 is 0. The zero-order valence-corrected chi connectivity index (χ0v) is 13.8. The van der Waals surface area contributed by atoms with Gasteiger partial charge in [-0.05, 0) is 12.3 Å². The number of hydrogen-bond donors (Lipinski definition) is 2. The molecule has 0 heterocycles. The number of rotatable bonds is 8. The average molecular weight is 353 g/mol. The molecule has 17 heavy (non-hydrogen) atoms. The van der Waals surface area contributed by atoms with E-state index in [1.807, 2.05) is 6.08 Å². The molecule has 4 heteroatoms. The van der Waals surface area contributed by atoms with Crippen LogP contribution in [0.2, 0.25) is 0 Å². The van der Waals surface area contributed by atoms with E-state index in [0.717, 1.165) is 25.0 Å². The Morgan fingerprint density at radius 2 is 2.06 bits per heavy atom. The molecular weight excluding hydrogens is 325 g/mol. The predicted molar refractivity (Wildman–Crippen MR) is 88.3 cm³/mol. The predicted octanol–water partition coefficient (Wildman–Crippen LogP) is 3.17. The summed E-state index contributed by atoms with van der Waals surface area (Å²) in [6, 6.07) is 0. The fourth-order valence-electron chi connectivity index (χ4n) is 1.57. The SMILES string of the molecule is C=CCNC(=NC)NCC(CC)CCCC.I. The molecule has 0 saturated carbocycles. The lowest BCUT2D eigenvalue weighted by Crippen LogP contribution is -2.39. The molecule has 1 atom stereocenters. The molecule has 0 rings (SSSR count). The van der Waals surface area contributed by atoms with Crippen LogP contribution in [0.15, 0.2) is 17.6 Å². The second-order valence-electron chi connectivity index (χ2n) is 4.04. The van der Waals surface area contributed by atoms with E-state index >= 15 is 0 Å². The molecule has 3 nitrogen and oxygen atoms in total. The van der Waals surface area contributed by atoms with Gasteiger partial charge in [-0.1, -0.05) is 39.2 Å². The van der Waals surface area contributed by atoms with Gasteiger partial charge in [0.1, 0.15) is 0 Å². The van der Waals surface area contributed by atoms with Gasteiger partial charge in [0.15, 0.2) is 5.96 Å². The normalized spacial score (nSPS) is 12.5. The zero-order chi connectivity index (χ0) is 12.2. The number of aliphatic imine (C=N–C) groups is 1. The second kappa shape index (κ2) is 13.8. The van der Waals surface area contributed by atoms with Crippen LogP contribution in [0, 0.1) is 5.92 Å². The number of unbranched alkanes of at least 4 members (excludes halogenated alkanes) is 1. The first-order chi connectivity index (χ1) is 7.78. The fourth-order valence-corrected chi connectivity index (χ4v) is 1.57. The summed E-state index contributed by atoms with van der Waals surface area (Å²) < 4.78 is 0. The number of guanidine groups is 1. The van der Waals surface area contributed by atoms with Crippen LogP contribution in [0.3, 0.4) is 0 Å². The van der Waals surface area contributed by atoms with Gasteiger partial charge in [0.2, 0.25) is 0 Å². The summed E-state index contributed by atoms with van der Waals surface area (Å²) in [6.07, 6.45) is 6.96. The van der Waals surface area contributed by atoms with E-state index in [2.05, 4.69) is 36.1 Å². The molecule has 0 saturated heterocycles. The van der Waals surface area contributed by atoms with Crippen LogP contribution in [0.4, 0.5) is 0 Å². The van der Waals surface area contributed by atoms with E-state index < -0.39 is 0 Å². The van der Waals surface area contributed by atoms with E-state index in [1.54, 1.807) is 7.05 Å². The average Bonchev–Trinajstić information content (AvgIpc) is 2.33. The largest absolute Gasteiger partial charge is 0.356 e. The van der Waals surface area contributed by atoms with Gasteiger partial charge in [-0.2, -0.15) is 0 Å². The van der Waals surface area contributed by atoms with Crippen molar-refractivity contribution in [3.63, 3.8) is 0 Å². The highest BCUT2D eigenvalue weighted by atomic mass is 127. The van der Waals surface area contributed by atoms with E-state index in [9.17, 15) is 0 Å². The quantitative estimate of drug-likeness (QED) is 0.304. The molecule has 2 N–H and O–H groups in total. The van der Waals surface area contributed by atoms with E-state index in [4.69, 9.17) is 0 Å². The lowest BCUT2D eigenvalue weighted by Gasteiger charge is -2.17. The van der Waals surface area contributed by atoms with E-state index in [1.165, 1.54) is 25.7 Å². The van der Waals surface area contributed by atoms with Crippen molar-refractivity contribution in [2.75, 3.05) is 20.1 Å². The molecule has 0 aliphatic rings. The molecular formula is C13H28IN3. The van der Waals surface area contributed by atoms with Crippen LogP contribution in [0.25, 0.3) is 0 Å². The van der Waals surface area contributed by atoms with Crippen molar-refractivity contribution < 1.29 is 0 Å². The first-order valence-corrected chi connectivity index (χ1v) is 6.33. The summed E-state index contributed by atoms with van der Waals surface area (Å²) in [6.45, 7) is 9.93. The molecule has 0 aromatic carbocycles. The standard InChI is InChI=1S/C13H27N3.HI/c1-5-8-9-12(7-3)11-16-13(14-4)15-10-6-2;/h6,12H,2,5,7-11H2,1,3-4H3,(H2,14,15,16);1H. The maximum atomic E-state index is 4.16. The second-order valence-corrected chi connectivity index (χ2v) is 4.04. The third-order valence-corrected chi connectivity index (χ3v) is 2.74. The van der Waals surface area contributed by atoms with Gasteiger partial charge in [-0.3, -0.25) is 4.99 Å². The Labute approximate surface area is 124 Å². The first kappa shape index (κ1) is 19.1. The highest BCUT2D eigenvalue weighted by Crippen LogP contribution is 2.10. The van der Waals surface area contributed by atoms with Crippen molar-refractivity contribution in [1.29, 1.82) is 0 Å². The molecule has 0 aromatic rings. The molecule has 0 aliphatic heterocycles. The highest BCUT2D eigenvalue weighted by Gasteiger charge is 2.06. The summed E-state index contributed by atoms with van der Waals surface area (Å²) in [4.78, 5) is 4.16. The number of hydrogen-bond acceptors (Lipinski definition) is 1. The monoisotopic (exact) mass is 353 g/mol. The topological polar surface area (TPSA) is 36.4 Å². The highest BCUT2D eigenvalue weighted by molar-refractivity contribution is 14.0. The number of nitrogens with zero attached hydrogens (tertiary/aromatic N) is 1. The molecule has 0 aromatic heterocycles. The Morgan fingerprint density at radius 1 is 1.35 bits per heavy atom. The first-order valence-electron chi connectivity index (χ1n) is 6.33. The Bertz CT molecular complexity index is 205. The molecule has 1 unspecified atom stereocenters. The minimum absolute atomic E-state index is 0. The van der Waals surface area contributed by atoms with Gasteiger partial charge in [0, 0.05) is 20.1 Å². The Balaban J connectivity index is 0. The zero-order valence-electron chi connectivity index (χ0n) is 11.5. The van der Waals surface area contributed by atoms with Crippen LogP contribution in [0.5, 0.6) is 0 Å². The van der Waals surface area contributed by atoms with Crippen molar-refractivity contribution in [2.24, 2.45) is 10.9 Å². The van der Waals surface area contributed by atoms with Crippen LogP contribution < -0.4 is 10.6 Å². The maximum absolute atomic E-state index is 4.16. The van der Waals surface area contributed by atoms with E-state index in [-0.39, 0.29) is 24.0 Å². The van der Waals surface area contributed by atoms with Crippen LogP contribution in [0.1, 0.15) is 39.5 Å². The molecule has 0 bridgehead atoms. The smallest absolute Gasteiger partial charge is 0.191 e. The molecule has 0 aliphatic carbocycles. The number of nitrogens with one attached hydrogen (secondary N) is 2. The van der Waals surface area contributed by atoms with E-state index in [0.29, 0.717) is 0 Å². The third-order valence-electron chi connectivity index (χ3n) is 2.74. The van der Waals surface area contributed by atoms with Crippen LogP contribution >= 0.6 is 24.0 Å². The van der Waals surface area contributed by atoms with Gasteiger partial charge < -0.3 is 10.6 Å². The molecule has 0 amide bonds. The van der Waals surface area contributed by atoms with Gasteiger partial charge in [0.25, 0.3) is 0 Å². The summed E-state index contributed by atoms with van der Waals surface area (Å²) in [5, 5.41) is 6.53.